The van der Waals surface area contributed by atoms with Crippen molar-refractivity contribution >= 4 is 11.9 Å². The second kappa shape index (κ2) is 9.15. The number of carbonyl (C=O) groups is 2. The van der Waals surface area contributed by atoms with Crippen molar-refractivity contribution in [3.8, 4) is 0 Å². The molecule has 1 unspecified atom stereocenters. The van der Waals surface area contributed by atoms with Crippen molar-refractivity contribution in [3.63, 3.8) is 0 Å². The van der Waals surface area contributed by atoms with Crippen LogP contribution in [-0.2, 0) is 9.59 Å². The Morgan fingerprint density at radius 1 is 1.06 bits per heavy atom. The molecule has 0 spiro atoms. The molecule has 4 N–H and O–H groups in total. The summed E-state index contributed by atoms with van der Waals surface area (Å²) in [6.45, 7) is 7.66. The molecule has 0 bridgehead atoms. The van der Waals surface area contributed by atoms with Crippen molar-refractivity contribution in [3.05, 3.63) is 0 Å². The molecular weight excluding hydrogens is 210 g/mol. The Hall–Kier alpha value is -1.10. The molecule has 16 heavy (non-hydrogen) atoms. The normalized spacial score (nSPS) is 11.9. The molecular formula is C11H23NO4. The molecule has 96 valence electrons. The van der Waals surface area contributed by atoms with Gasteiger partial charge in [0.15, 0.2) is 0 Å². The summed E-state index contributed by atoms with van der Waals surface area (Å²) in [5.41, 5.74) is 5.22. The van der Waals surface area contributed by atoms with Gasteiger partial charge in [0.2, 0.25) is 0 Å². The third kappa shape index (κ3) is 15.4. The zero-order valence-corrected chi connectivity index (χ0v) is 10.4. The van der Waals surface area contributed by atoms with Gasteiger partial charge in [0.1, 0.15) is 6.04 Å². The molecule has 0 radical (unpaired) electrons. The number of rotatable bonds is 5. The van der Waals surface area contributed by atoms with Crippen LogP contribution in [-0.4, -0.2) is 28.2 Å². The van der Waals surface area contributed by atoms with Crippen LogP contribution in [0, 0.1) is 11.8 Å². The average Bonchev–Trinajstić information content (AvgIpc) is 2.00. The highest BCUT2D eigenvalue weighted by Gasteiger charge is 2.11. The maximum absolute atomic E-state index is 10.1. The Morgan fingerprint density at radius 3 is 1.56 bits per heavy atom. The second-order valence-electron chi connectivity index (χ2n) is 4.57. The van der Waals surface area contributed by atoms with E-state index in [1.807, 2.05) is 27.7 Å². The lowest BCUT2D eigenvalue weighted by molar-refractivity contribution is -0.139. The van der Waals surface area contributed by atoms with E-state index in [4.69, 9.17) is 15.9 Å². The van der Waals surface area contributed by atoms with Crippen LogP contribution >= 0.6 is 0 Å². The van der Waals surface area contributed by atoms with Crippen molar-refractivity contribution in [2.45, 2.75) is 46.6 Å². The van der Waals surface area contributed by atoms with Crippen molar-refractivity contribution in [1.82, 2.24) is 0 Å². The highest BCUT2D eigenvalue weighted by atomic mass is 16.4. The predicted molar refractivity (Wildman–Crippen MR) is 62.2 cm³/mol. The Morgan fingerprint density at radius 2 is 1.50 bits per heavy atom. The fourth-order valence-corrected chi connectivity index (χ4v) is 0.958. The lowest BCUT2D eigenvalue weighted by atomic mass is 10.1. The van der Waals surface area contributed by atoms with Crippen molar-refractivity contribution in [2.24, 2.45) is 17.6 Å². The highest BCUT2D eigenvalue weighted by Crippen LogP contribution is 2.01. The molecule has 0 heterocycles. The van der Waals surface area contributed by atoms with Gasteiger partial charge in [-0.25, -0.2) is 0 Å². The van der Waals surface area contributed by atoms with E-state index in [-0.39, 0.29) is 12.3 Å². The summed E-state index contributed by atoms with van der Waals surface area (Å²) in [5, 5.41) is 16.4. The molecule has 0 aromatic rings. The molecule has 0 aliphatic carbocycles. The number of hydrogen-bond acceptors (Lipinski definition) is 3. The highest BCUT2D eigenvalue weighted by molar-refractivity contribution is 5.72. The summed E-state index contributed by atoms with van der Waals surface area (Å²) < 4.78 is 0. The Labute approximate surface area is 96.6 Å². The quantitative estimate of drug-likeness (QED) is 0.669. The van der Waals surface area contributed by atoms with Gasteiger partial charge < -0.3 is 15.9 Å². The van der Waals surface area contributed by atoms with Crippen LogP contribution in [0.2, 0.25) is 0 Å². The summed E-state index contributed by atoms with van der Waals surface area (Å²) >= 11 is 0. The molecule has 0 saturated heterocycles. The molecule has 5 nitrogen and oxygen atoms in total. The average molecular weight is 233 g/mol. The molecule has 1 atom stereocenters. The number of aliphatic carboxylic acids is 2. The number of carboxylic acid groups (broad SMARTS) is 2. The molecule has 0 aliphatic rings. The summed E-state index contributed by atoms with van der Waals surface area (Å²) in [5.74, 6) is -0.993. The van der Waals surface area contributed by atoms with Crippen LogP contribution in [0.4, 0.5) is 0 Å². The van der Waals surface area contributed by atoms with Gasteiger partial charge in [0.05, 0.1) is 0 Å². The van der Waals surface area contributed by atoms with Gasteiger partial charge in [0.25, 0.3) is 0 Å². The zero-order chi connectivity index (χ0) is 13.3. The van der Waals surface area contributed by atoms with E-state index in [1.54, 1.807) is 0 Å². The van der Waals surface area contributed by atoms with Crippen molar-refractivity contribution in [1.29, 1.82) is 0 Å². The maximum atomic E-state index is 10.1. The second-order valence-corrected chi connectivity index (χ2v) is 4.57. The van der Waals surface area contributed by atoms with E-state index in [1.165, 1.54) is 0 Å². The first-order chi connectivity index (χ1) is 7.16. The van der Waals surface area contributed by atoms with E-state index >= 15 is 0 Å². The molecule has 0 aliphatic heterocycles. The Balaban J connectivity index is 0. The summed E-state index contributed by atoms with van der Waals surface area (Å²) in [6, 6.07) is -0.690. The van der Waals surface area contributed by atoms with E-state index in [2.05, 4.69) is 0 Å². The van der Waals surface area contributed by atoms with Gasteiger partial charge in [-0.2, -0.15) is 0 Å². The van der Waals surface area contributed by atoms with Gasteiger partial charge in [-0.3, -0.25) is 9.59 Å². The third-order valence-corrected chi connectivity index (χ3v) is 1.63. The third-order valence-electron chi connectivity index (χ3n) is 1.63. The fourth-order valence-electron chi connectivity index (χ4n) is 0.958. The minimum Gasteiger partial charge on any atom is -0.481 e. The van der Waals surface area contributed by atoms with Gasteiger partial charge in [-0.15, -0.1) is 0 Å². The van der Waals surface area contributed by atoms with Crippen LogP contribution in [0.25, 0.3) is 0 Å². The van der Waals surface area contributed by atoms with Crippen LogP contribution in [0.5, 0.6) is 0 Å². The monoisotopic (exact) mass is 233 g/mol. The van der Waals surface area contributed by atoms with E-state index < -0.39 is 18.0 Å². The Kier molecular flexibility index (Phi) is 9.89. The first-order valence-corrected chi connectivity index (χ1v) is 5.37. The smallest absolute Gasteiger partial charge is 0.320 e. The minimum atomic E-state index is -0.913. The van der Waals surface area contributed by atoms with Gasteiger partial charge in [-0.1, -0.05) is 27.7 Å². The molecule has 5 heteroatoms. The number of hydrogen-bond donors (Lipinski definition) is 3. The lowest BCUT2D eigenvalue weighted by Gasteiger charge is -2.07. The first kappa shape index (κ1) is 17.3. The molecule has 0 rings (SSSR count). The van der Waals surface area contributed by atoms with E-state index in [9.17, 15) is 9.59 Å². The number of carboxylic acids is 2. The first-order valence-electron chi connectivity index (χ1n) is 5.37. The number of nitrogens with two attached hydrogens (primary N) is 1. The van der Waals surface area contributed by atoms with Crippen LogP contribution in [0.3, 0.4) is 0 Å². The van der Waals surface area contributed by atoms with Crippen LogP contribution in [0.15, 0.2) is 0 Å². The lowest BCUT2D eigenvalue weighted by Crippen LogP contribution is -2.31. The van der Waals surface area contributed by atoms with E-state index in [0.29, 0.717) is 12.3 Å². The molecule has 0 aromatic heterocycles. The fraction of sp³-hybridized carbons (Fsp3) is 0.818. The van der Waals surface area contributed by atoms with Crippen LogP contribution < -0.4 is 5.73 Å². The van der Waals surface area contributed by atoms with Crippen LogP contribution in [0.1, 0.15) is 40.5 Å². The van der Waals surface area contributed by atoms with Gasteiger partial charge in [-0.05, 0) is 18.3 Å². The maximum Gasteiger partial charge on any atom is 0.320 e. The SMILES string of the molecule is CC(C)CC(=O)O.CC(C)CC(N)C(=O)O. The van der Waals surface area contributed by atoms with Crippen molar-refractivity contribution < 1.29 is 19.8 Å². The Bertz CT molecular complexity index is 214. The van der Waals surface area contributed by atoms with E-state index in [0.717, 1.165) is 0 Å². The largest absolute Gasteiger partial charge is 0.481 e. The molecule has 0 aromatic carbocycles. The predicted octanol–water partition coefficient (Wildman–Crippen LogP) is 1.56. The summed E-state index contributed by atoms with van der Waals surface area (Å²) in [7, 11) is 0. The van der Waals surface area contributed by atoms with Gasteiger partial charge in [0, 0.05) is 6.42 Å². The molecule has 0 fully saturated rings. The molecule has 0 amide bonds. The standard InChI is InChI=1S/C6H13NO2.C5H10O2/c1-4(2)3-5(7)6(8)9;1-4(2)3-5(6)7/h4-5H,3,7H2,1-2H3,(H,8,9);4H,3H2,1-2H3,(H,6,7). The molecule has 0 saturated carbocycles. The minimum absolute atomic E-state index is 0.275. The zero-order valence-electron chi connectivity index (χ0n) is 10.4. The summed E-state index contributed by atoms with van der Waals surface area (Å²) in [4.78, 5) is 19.9. The van der Waals surface area contributed by atoms with Gasteiger partial charge >= 0.3 is 11.9 Å². The van der Waals surface area contributed by atoms with Crippen molar-refractivity contribution in [2.75, 3.05) is 0 Å². The summed E-state index contributed by atoms with van der Waals surface area (Å²) in [6.07, 6.45) is 0.829. The topological polar surface area (TPSA) is 101 Å².